The summed E-state index contributed by atoms with van der Waals surface area (Å²) in [5.41, 5.74) is 1.50. The Labute approximate surface area is 136 Å². The van der Waals surface area contributed by atoms with Crippen molar-refractivity contribution in [1.82, 2.24) is 19.8 Å². The van der Waals surface area contributed by atoms with Crippen molar-refractivity contribution >= 4 is 11.3 Å². The van der Waals surface area contributed by atoms with Crippen LogP contribution in [0, 0.1) is 6.92 Å². The highest BCUT2D eigenvalue weighted by Gasteiger charge is 2.19. The SMILES string of the molecule is COc1csc(-n2nnn(C)c2=O)c1COc1ccccc1C. The van der Waals surface area contributed by atoms with E-state index in [9.17, 15) is 4.79 Å². The van der Waals surface area contributed by atoms with E-state index < -0.39 is 0 Å². The minimum Gasteiger partial charge on any atom is -0.495 e. The van der Waals surface area contributed by atoms with Crippen LogP contribution < -0.4 is 15.2 Å². The van der Waals surface area contributed by atoms with Crippen molar-refractivity contribution < 1.29 is 9.47 Å². The second-order valence-corrected chi connectivity index (χ2v) is 5.80. The maximum absolute atomic E-state index is 12.1. The Morgan fingerprint density at radius 2 is 2.00 bits per heavy atom. The minimum absolute atomic E-state index is 0.274. The number of aryl methyl sites for hydroxylation is 2. The smallest absolute Gasteiger partial charge is 0.368 e. The maximum atomic E-state index is 12.1. The van der Waals surface area contributed by atoms with Crippen molar-refractivity contribution in [2.75, 3.05) is 7.11 Å². The van der Waals surface area contributed by atoms with Gasteiger partial charge in [0.25, 0.3) is 0 Å². The van der Waals surface area contributed by atoms with Gasteiger partial charge in [-0.05, 0) is 29.0 Å². The van der Waals surface area contributed by atoms with Gasteiger partial charge in [0.15, 0.2) is 0 Å². The summed E-state index contributed by atoms with van der Waals surface area (Å²) in [5.74, 6) is 1.45. The molecule has 8 heteroatoms. The van der Waals surface area contributed by atoms with Gasteiger partial charge < -0.3 is 9.47 Å². The molecule has 0 N–H and O–H groups in total. The Morgan fingerprint density at radius 1 is 1.22 bits per heavy atom. The molecule has 0 aliphatic carbocycles. The van der Waals surface area contributed by atoms with E-state index in [1.54, 1.807) is 14.2 Å². The van der Waals surface area contributed by atoms with E-state index in [-0.39, 0.29) is 12.3 Å². The van der Waals surface area contributed by atoms with Crippen molar-refractivity contribution in [1.29, 1.82) is 0 Å². The van der Waals surface area contributed by atoms with Crippen LogP contribution in [-0.2, 0) is 13.7 Å². The third-order valence-corrected chi connectivity index (χ3v) is 4.41. The van der Waals surface area contributed by atoms with Crippen LogP contribution in [0.2, 0.25) is 0 Å². The van der Waals surface area contributed by atoms with Gasteiger partial charge in [0.05, 0.1) is 12.7 Å². The van der Waals surface area contributed by atoms with Crippen LogP contribution in [-0.4, -0.2) is 26.9 Å². The van der Waals surface area contributed by atoms with Crippen molar-refractivity contribution in [3.63, 3.8) is 0 Å². The molecule has 120 valence electrons. The molecule has 0 unspecified atom stereocenters. The topological polar surface area (TPSA) is 71.2 Å². The lowest BCUT2D eigenvalue weighted by molar-refractivity contribution is 0.295. The highest BCUT2D eigenvalue weighted by atomic mass is 32.1. The third kappa shape index (κ3) is 2.85. The summed E-state index contributed by atoms with van der Waals surface area (Å²) in [6, 6.07) is 7.76. The maximum Gasteiger partial charge on any atom is 0.368 e. The van der Waals surface area contributed by atoms with E-state index >= 15 is 0 Å². The molecule has 7 nitrogen and oxygen atoms in total. The number of para-hydroxylation sites is 1. The Bertz CT molecular complexity index is 881. The zero-order chi connectivity index (χ0) is 16.4. The average molecular weight is 332 g/mol. The molecular weight excluding hydrogens is 316 g/mol. The summed E-state index contributed by atoms with van der Waals surface area (Å²) in [7, 11) is 3.14. The quantitative estimate of drug-likeness (QED) is 0.714. The molecule has 0 radical (unpaired) electrons. The molecule has 23 heavy (non-hydrogen) atoms. The van der Waals surface area contributed by atoms with Crippen molar-refractivity contribution in [2.24, 2.45) is 7.05 Å². The number of ether oxygens (including phenoxy) is 2. The first-order valence-electron chi connectivity index (χ1n) is 6.94. The first-order chi connectivity index (χ1) is 11.1. The Kier molecular flexibility index (Phi) is 4.16. The minimum atomic E-state index is -0.313. The molecule has 0 atom stereocenters. The van der Waals surface area contributed by atoms with Gasteiger partial charge in [0.1, 0.15) is 23.1 Å². The van der Waals surface area contributed by atoms with E-state index in [1.165, 1.54) is 20.7 Å². The van der Waals surface area contributed by atoms with E-state index in [1.807, 2.05) is 36.6 Å². The fraction of sp³-hybridized carbons (Fsp3) is 0.267. The zero-order valence-electron chi connectivity index (χ0n) is 13.0. The summed E-state index contributed by atoms with van der Waals surface area (Å²) in [6.07, 6.45) is 0. The molecule has 2 heterocycles. The number of nitrogens with zero attached hydrogens (tertiary/aromatic N) is 4. The van der Waals surface area contributed by atoms with Gasteiger partial charge in [-0.25, -0.2) is 4.79 Å². The molecule has 0 amide bonds. The lowest BCUT2D eigenvalue weighted by Gasteiger charge is -2.10. The first kappa shape index (κ1) is 15.3. The molecule has 0 spiro atoms. The third-order valence-electron chi connectivity index (χ3n) is 3.43. The van der Waals surface area contributed by atoms with Gasteiger partial charge in [0, 0.05) is 12.4 Å². The molecule has 0 saturated heterocycles. The highest BCUT2D eigenvalue weighted by molar-refractivity contribution is 7.13. The Morgan fingerprint density at radius 3 is 2.65 bits per heavy atom. The summed E-state index contributed by atoms with van der Waals surface area (Å²) in [5, 5.41) is 10.1. The average Bonchev–Trinajstić information content (AvgIpc) is 3.10. The van der Waals surface area contributed by atoms with Gasteiger partial charge >= 0.3 is 5.69 Å². The second kappa shape index (κ2) is 6.25. The van der Waals surface area contributed by atoms with Crippen LogP contribution in [0.5, 0.6) is 11.5 Å². The van der Waals surface area contributed by atoms with E-state index in [2.05, 4.69) is 10.4 Å². The summed E-state index contributed by atoms with van der Waals surface area (Å²) < 4.78 is 13.7. The number of rotatable bonds is 5. The number of thiophene rings is 1. The van der Waals surface area contributed by atoms with E-state index in [4.69, 9.17) is 9.47 Å². The molecule has 0 saturated carbocycles. The van der Waals surface area contributed by atoms with E-state index in [0.29, 0.717) is 10.8 Å². The van der Waals surface area contributed by atoms with E-state index in [0.717, 1.165) is 16.9 Å². The van der Waals surface area contributed by atoms with Crippen LogP contribution >= 0.6 is 11.3 Å². The van der Waals surface area contributed by atoms with Gasteiger partial charge in [-0.1, -0.05) is 18.2 Å². The predicted octanol–water partition coefficient (Wildman–Crippen LogP) is 1.92. The molecule has 0 fully saturated rings. The lowest BCUT2D eigenvalue weighted by atomic mass is 10.2. The molecule has 3 aromatic rings. The van der Waals surface area contributed by atoms with Gasteiger partial charge in [-0.2, -0.15) is 4.68 Å². The Balaban J connectivity index is 1.95. The van der Waals surface area contributed by atoms with Crippen LogP contribution in [0.25, 0.3) is 5.00 Å². The molecule has 2 aromatic heterocycles. The van der Waals surface area contributed by atoms with Gasteiger partial charge in [-0.15, -0.1) is 16.0 Å². The highest BCUT2D eigenvalue weighted by Crippen LogP contribution is 2.32. The summed E-state index contributed by atoms with van der Waals surface area (Å²) in [6.45, 7) is 2.25. The van der Waals surface area contributed by atoms with Gasteiger partial charge in [-0.3, -0.25) is 0 Å². The number of aromatic nitrogens is 4. The molecule has 3 rings (SSSR count). The van der Waals surface area contributed by atoms with Gasteiger partial charge in [0.2, 0.25) is 0 Å². The second-order valence-electron chi connectivity index (χ2n) is 4.94. The van der Waals surface area contributed by atoms with Crippen LogP contribution in [0.1, 0.15) is 11.1 Å². The molecule has 0 aliphatic heterocycles. The van der Waals surface area contributed by atoms with Crippen LogP contribution in [0.15, 0.2) is 34.4 Å². The monoisotopic (exact) mass is 332 g/mol. The number of hydrogen-bond acceptors (Lipinski definition) is 6. The predicted molar refractivity (Wildman–Crippen MR) is 86.5 cm³/mol. The number of hydrogen-bond donors (Lipinski definition) is 0. The van der Waals surface area contributed by atoms with Crippen molar-refractivity contribution in [3.8, 4) is 16.5 Å². The summed E-state index contributed by atoms with van der Waals surface area (Å²) in [4.78, 5) is 12.1. The molecular formula is C15H16N4O3S. The van der Waals surface area contributed by atoms with Crippen LogP contribution in [0.4, 0.5) is 0 Å². The Hall–Kier alpha value is -2.61. The van der Waals surface area contributed by atoms with Crippen molar-refractivity contribution in [2.45, 2.75) is 13.5 Å². The standard InChI is InChI=1S/C15H16N4O3S/c1-10-6-4-5-7-12(10)22-8-11-13(21-3)9-23-14(11)19-15(20)18(2)16-17-19/h4-7,9H,8H2,1-3H3. The number of benzene rings is 1. The van der Waals surface area contributed by atoms with Crippen LogP contribution in [0.3, 0.4) is 0 Å². The fourth-order valence-corrected chi connectivity index (χ4v) is 3.12. The number of methoxy groups -OCH3 is 1. The largest absolute Gasteiger partial charge is 0.495 e. The molecule has 0 aliphatic rings. The van der Waals surface area contributed by atoms with Crippen molar-refractivity contribution in [3.05, 3.63) is 51.3 Å². The molecule has 0 bridgehead atoms. The number of tetrazole rings is 1. The first-order valence-corrected chi connectivity index (χ1v) is 7.82. The molecule has 1 aromatic carbocycles. The normalized spacial score (nSPS) is 10.7. The fourth-order valence-electron chi connectivity index (χ4n) is 2.15. The zero-order valence-corrected chi connectivity index (χ0v) is 13.8. The summed E-state index contributed by atoms with van der Waals surface area (Å²) >= 11 is 1.36. The lowest BCUT2D eigenvalue weighted by Crippen LogP contribution is -2.22.